The molecule has 1 rings (SSSR count). The molecule has 0 aliphatic carbocycles. The summed E-state index contributed by atoms with van der Waals surface area (Å²) in [6, 6.07) is 4.97. The molecular formula is C11H16BrN3O3S. The maximum Gasteiger partial charge on any atom is 0.252 e. The van der Waals surface area contributed by atoms with Crippen LogP contribution in [0.3, 0.4) is 0 Å². The number of benzene rings is 1. The van der Waals surface area contributed by atoms with Crippen LogP contribution in [-0.2, 0) is 10.0 Å². The number of carbonyl (C=O) groups excluding carboxylic acids is 1. The lowest BCUT2D eigenvalue weighted by Crippen LogP contribution is -2.29. The lowest BCUT2D eigenvalue weighted by molar-refractivity contribution is 0.0952. The van der Waals surface area contributed by atoms with Crippen LogP contribution in [0.1, 0.15) is 16.8 Å². The van der Waals surface area contributed by atoms with Crippen LogP contribution in [0.25, 0.3) is 0 Å². The van der Waals surface area contributed by atoms with Crippen molar-refractivity contribution in [2.24, 2.45) is 0 Å². The molecule has 0 radical (unpaired) electrons. The van der Waals surface area contributed by atoms with Crippen LogP contribution >= 0.6 is 15.9 Å². The van der Waals surface area contributed by atoms with Gasteiger partial charge < -0.3 is 11.1 Å². The maximum absolute atomic E-state index is 11.8. The average molecular weight is 350 g/mol. The number of anilines is 1. The van der Waals surface area contributed by atoms with Crippen molar-refractivity contribution in [3.05, 3.63) is 28.2 Å². The minimum atomic E-state index is -3.18. The molecule has 0 spiro atoms. The minimum absolute atomic E-state index is 0.251. The van der Waals surface area contributed by atoms with Crippen molar-refractivity contribution in [3.63, 3.8) is 0 Å². The topological polar surface area (TPSA) is 101 Å². The van der Waals surface area contributed by atoms with Gasteiger partial charge in [-0.3, -0.25) is 4.79 Å². The van der Waals surface area contributed by atoms with Gasteiger partial charge in [0.25, 0.3) is 5.91 Å². The van der Waals surface area contributed by atoms with Gasteiger partial charge in [-0.1, -0.05) is 0 Å². The molecule has 0 aliphatic rings. The van der Waals surface area contributed by atoms with Crippen molar-refractivity contribution in [3.8, 4) is 0 Å². The standard InChI is InChI=1S/C11H16BrN3O3S/c1-19(17,18)15-6-2-5-14-11(16)9-7-8(13)3-4-10(9)12/h3-4,7,15H,2,5-6,13H2,1H3,(H,14,16). The molecule has 1 aromatic rings. The fraction of sp³-hybridized carbons (Fsp3) is 0.364. The highest BCUT2D eigenvalue weighted by atomic mass is 79.9. The molecule has 19 heavy (non-hydrogen) atoms. The Morgan fingerprint density at radius 1 is 1.37 bits per heavy atom. The van der Waals surface area contributed by atoms with Gasteiger partial charge in [0.1, 0.15) is 0 Å². The Bertz CT molecular complexity index is 560. The number of amides is 1. The third kappa shape index (κ3) is 6.04. The molecule has 0 aromatic heterocycles. The quantitative estimate of drug-likeness (QED) is 0.519. The Morgan fingerprint density at radius 2 is 2.05 bits per heavy atom. The molecule has 1 amide bonds. The van der Waals surface area contributed by atoms with Crippen LogP contribution in [0.5, 0.6) is 0 Å². The first-order valence-electron chi connectivity index (χ1n) is 5.57. The summed E-state index contributed by atoms with van der Waals surface area (Å²) in [5.74, 6) is -0.251. The number of carbonyl (C=O) groups is 1. The van der Waals surface area contributed by atoms with Gasteiger partial charge in [0.15, 0.2) is 0 Å². The summed E-state index contributed by atoms with van der Waals surface area (Å²) in [5.41, 5.74) is 6.57. The molecule has 0 aliphatic heterocycles. The van der Waals surface area contributed by atoms with E-state index in [0.717, 1.165) is 6.26 Å². The summed E-state index contributed by atoms with van der Waals surface area (Å²) in [4.78, 5) is 11.8. The van der Waals surface area contributed by atoms with Crippen LogP contribution in [0.15, 0.2) is 22.7 Å². The lowest BCUT2D eigenvalue weighted by Gasteiger charge is -2.08. The van der Waals surface area contributed by atoms with Gasteiger partial charge in [-0.15, -0.1) is 0 Å². The largest absolute Gasteiger partial charge is 0.399 e. The summed E-state index contributed by atoms with van der Waals surface area (Å²) >= 11 is 3.27. The molecular weight excluding hydrogens is 334 g/mol. The first kappa shape index (κ1) is 15.9. The molecule has 4 N–H and O–H groups in total. The van der Waals surface area contributed by atoms with Crippen molar-refractivity contribution in [1.29, 1.82) is 0 Å². The van der Waals surface area contributed by atoms with Gasteiger partial charge in [0.05, 0.1) is 11.8 Å². The van der Waals surface area contributed by atoms with Crippen molar-refractivity contribution >= 4 is 37.5 Å². The van der Waals surface area contributed by atoms with Crippen LogP contribution < -0.4 is 15.8 Å². The summed E-state index contributed by atoms with van der Waals surface area (Å²) in [5, 5.41) is 2.69. The third-order valence-electron chi connectivity index (χ3n) is 2.24. The first-order valence-corrected chi connectivity index (χ1v) is 8.26. The Kier molecular flexibility index (Phi) is 5.77. The third-order valence-corrected chi connectivity index (χ3v) is 3.66. The van der Waals surface area contributed by atoms with E-state index in [1.807, 2.05) is 0 Å². The zero-order valence-corrected chi connectivity index (χ0v) is 12.8. The predicted octanol–water partition coefficient (Wildman–Crippen LogP) is 0.700. The van der Waals surface area contributed by atoms with Gasteiger partial charge in [-0.2, -0.15) is 0 Å². The van der Waals surface area contributed by atoms with Crippen LogP contribution in [-0.4, -0.2) is 33.7 Å². The highest BCUT2D eigenvalue weighted by molar-refractivity contribution is 9.10. The van der Waals surface area contributed by atoms with Crippen LogP contribution in [0.4, 0.5) is 5.69 Å². The molecule has 1 aromatic carbocycles. The van der Waals surface area contributed by atoms with E-state index < -0.39 is 10.0 Å². The fourth-order valence-electron chi connectivity index (χ4n) is 1.36. The number of nitrogens with two attached hydrogens (primary N) is 1. The Hall–Kier alpha value is -1.12. The second-order valence-electron chi connectivity index (χ2n) is 4.02. The van der Waals surface area contributed by atoms with Gasteiger partial charge in [0, 0.05) is 23.2 Å². The van der Waals surface area contributed by atoms with E-state index in [-0.39, 0.29) is 12.5 Å². The molecule has 106 valence electrons. The molecule has 6 nitrogen and oxygen atoms in total. The zero-order valence-electron chi connectivity index (χ0n) is 10.4. The molecule has 0 saturated heterocycles. The highest BCUT2D eigenvalue weighted by Gasteiger charge is 2.09. The van der Waals surface area contributed by atoms with Gasteiger partial charge in [-0.05, 0) is 40.5 Å². The summed E-state index contributed by atoms with van der Waals surface area (Å²) in [6.07, 6.45) is 1.61. The van der Waals surface area contributed by atoms with Crippen molar-refractivity contribution in [1.82, 2.24) is 10.0 Å². The summed E-state index contributed by atoms with van der Waals surface area (Å²) in [7, 11) is -3.18. The Labute approximate surface area is 120 Å². The molecule has 0 saturated carbocycles. The molecule has 0 fully saturated rings. The molecule has 0 bridgehead atoms. The normalized spacial score (nSPS) is 11.3. The second kappa shape index (κ2) is 6.88. The smallest absolute Gasteiger partial charge is 0.252 e. The lowest BCUT2D eigenvalue weighted by atomic mass is 10.2. The summed E-state index contributed by atoms with van der Waals surface area (Å²) in [6.45, 7) is 0.666. The van der Waals surface area contributed by atoms with E-state index in [9.17, 15) is 13.2 Å². The van der Waals surface area contributed by atoms with E-state index in [4.69, 9.17) is 5.73 Å². The first-order chi connectivity index (χ1) is 8.79. The van der Waals surface area contributed by atoms with Crippen molar-refractivity contribution < 1.29 is 13.2 Å². The SMILES string of the molecule is CS(=O)(=O)NCCCNC(=O)c1cc(N)ccc1Br. The van der Waals surface area contributed by atoms with Gasteiger partial charge in [-0.25, -0.2) is 13.1 Å². The number of hydrogen-bond donors (Lipinski definition) is 3. The van der Waals surface area contributed by atoms with Crippen molar-refractivity contribution in [2.75, 3.05) is 25.1 Å². The number of halogens is 1. The average Bonchev–Trinajstić information content (AvgIpc) is 2.30. The Balaban J connectivity index is 2.42. The van der Waals surface area contributed by atoms with Crippen LogP contribution in [0.2, 0.25) is 0 Å². The fourth-order valence-corrected chi connectivity index (χ4v) is 2.30. The molecule has 0 unspecified atom stereocenters. The van der Waals surface area contributed by atoms with E-state index >= 15 is 0 Å². The number of hydrogen-bond acceptors (Lipinski definition) is 4. The van der Waals surface area contributed by atoms with E-state index in [1.54, 1.807) is 18.2 Å². The Morgan fingerprint density at radius 3 is 2.68 bits per heavy atom. The summed E-state index contributed by atoms with van der Waals surface area (Å²) < 4.78 is 24.6. The van der Waals surface area contributed by atoms with Crippen LogP contribution in [0, 0.1) is 0 Å². The number of nitrogen functional groups attached to an aromatic ring is 1. The van der Waals surface area contributed by atoms with E-state index in [2.05, 4.69) is 26.0 Å². The second-order valence-corrected chi connectivity index (χ2v) is 6.70. The maximum atomic E-state index is 11.8. The number of sulfonamides is 1. The minimum Gasteiger partial charge on any atom is -0.399 e. The highest BCUT2D eigenvalue weighted by Crippen LogP contribution is 2.19. The molecule has 0 atom stereocenters. The molecule has 0 heterocycles. The predicted molar refractivity (Wildman–Crippen MR) is 78.4 cm³/mol. The van der Waals surface area contributed by atoms with Gasteiger partial charge in [0.2, 0.25) is 10.0 Å². The number of nitrogens with one attached hydrogen (secondary N) is 2. The number of rotatable bonds is 6. The van der Waals surface area contributed by atoms with Crippen molar-refractivity contribution in [2.45, 2.75) is 6.42 Å². The molecule has 8 heteroatoms. The monoisotopic (exact) mass is 349 g/mol. The van der Waals surface area contributed by atoms with Gasteiger partial charge >= 0.3 is 0 Å². The van der Waals surface area contributed by atoms with E-state index in [0.29, 0.717) is 28.7 Å². The van der Waals surface area contributed by atoms with E-state index in [1.165, 1.54) is 0 Å². The zero-order chi connectivity index (χ0) is 14.5.